The molecule has 0 atom stereocenters. The largest absolute Gasteiger partial charge is 0.381 e. The molecule has 96 valence electrons. The van der Waals surface area contributed by atoms with Crippen LogP contribution >= 0.6 is 0 Å². The Morgan fingerprint density at radius 3 is 2.78 bits per heavy atom. The van der Waals surface area contributed by atoms with Gasteiger partial charge in [0.1, 0.15) is 6.07 Å². The number of likely N-dealkylation sites (N-methyl/N-ethyl adjacent to an activating group) is 1. The average molecular weight is 244 g/mol. The predicted molar refractivity (Wildman–Crippen MR) is 72.3 cm³/mol. The molecule has 1 aromatic heterocycles. The molecule has 18 heavy (non-hydrogen) atoms. The van der Waals surface area contributed by atoms with Crippen LogP contribution < -0.4 is 5.32 Å². The van der Waals surface area contributed by atoms with Crippen molar-refractivity contribution in [3.05, 3.63) is 24.0 Å². The second-order valence-corrected chi connectivity index (χ2v) is 5.21. The Kier molecular flexibility index (Phi) is 3.83. The minimum Gasteiger partial charge on any atom is -0.381 e. The number of anilines is 1. The molecule has 0 aliphatic heterocycles. The molecule has 1 fully saturated rings. The second-order valence-electron chi connectivity index (χ2n) is 5.21. The van der Waals surface area contributed by atoms with E-state index in [1.165, 1.54) is 25.7 Å². The number of aromatic nitrogens is 1. The summed E-state index contributed by atoms with van der Waals surface area (Å²) in [6, 6.07) is 3.95. The molecule has 1 aliphatic rings. The third-order valence-electron chi connectivity index (χ3n) is 4.03. The summed E-state index contributed by atoms with van der Waals surface area (Å²) in [5, 5.41) is 12.5. The zero-order valence-electron chi connectivity index (χ0n) is 11.1. The van der Waals surface area contributed by atoms with Crippen molar-refractivity contribution in [2.75, 3.05) is 26.0 Å². The lowest BCUT2D eigenvalue weighted by atomic mass is 9.96. The quantitative estimate of drug-likeness (QED) is 0.882. The van der Waals surface area contributed by atoms with Crippen LogP contribution in [-0.4, -0.2) is 36.1 Å². The summed E-state index contributed by atoms with van der Waals surface area (Å²) in [5.41, 5.74) is 1.73. The molecule has 1 aliphatic carbocycles. The van der Waals surface area contributed by atoms with Crippen molar-refractivity contribution in [3.8, 4) is 6.07 Å². The normalized spacial score (nSPS) is 17.7. The first kappa shape index (κ1) is 12.8. The third kappa shape index (κ3) is 2.46. The van der Waals surface area contributed by atoms with Crippen LogP contribution in [0.25, 0.3) is 0 Å². The van der Waals surface area contributed by atoms with Crippen LogP contribution in [0.2, 0.25) is 0 Å². The van der Waals surface area contributed by atoms with Gasteiger partial charge in [0.2, 0.25) is 0 Å². The molecule has 0 amide bonds. The minimum absolute atomic E-state index is 0.225. The fraction of sp³-hybridized carbons (Fsp3) is 0.571. The van der Waals surface area contributed by atoms with Crippen molar-refractivity contribution in [3.63, 3.8) is 0 Å². The molecular weight excluding hydrogens is 224 g/mol. The standard InChI is InChI=1S/C14H20N4/c1-18(2)14(6-3-4-7-14)11-17-13-10-16-8-5-12(13)9-15/h5,8,10,17H,3-4,6-7,11H2,1-2H3. The molecule has 1 heterocycles. The Balaban J connectivity index is 2.09. The third-order valence-corrected chi connectivity index (χ3v) is 4.03. The Morgan fingerprint density at radius 1 is 1.44 bits per heavy atom. The predicted octanol–water partition coefficient (Wildman–Crippen LogP) is 2.24. The van der Waals surface area contributed by atoms with Gasteiger partial charge in [0.25, 0.3) is 0 Å². The molecule has 4 heteroatoms. The summed E-state index contributed by atoms with van der Waals surface area (Å²) >= 11 is 0. The Hall–Kier alpha value is -1.60. The minimum atomic E-state index is 0.225. The molecule has 2 rings (SSSR count). The van der Waals surface area contributed by atoms with Crippen molar-refractivity contribution in [2.24, 2.45) is 0 Å². The van der Waals surface area contributed by atoms with Gasteiger partial charge < -0.3 is 10.2 Å². The zero-order chi connectivity index (χ0) is 13.0. The van der Waals surface area contributed by atoms with Gasteiger partial charge in [-0.3, -0.25) is 4.98 Å². The van der Waals surface area contributed by atoms with Crippen molar-refractivity contribution in [2.45, 2.75) is 31.2 Å². The van der Waals surface area contributed by atoms with E-state index in [-0.39, 0.29) is 5.54 Å². The summed E-state index contributed by atoms with van der Waals surface area (Å²) in [6.07, 6.45) is 8.40. The van der Waals surface area contributed by atoms with E-state index in [0.29, 0.717) is 5.56 Å². The highest BCUT2D eigenvalue weighted by Crippen LogP contribution is 2.34. The number of nitriles is 1. The van der Waals surface area contributed by atoms with Gasteiger partial charge >= 0.3 is 0 Å². The van der Waals surface area contributed by atoms with Gasteiger partial charge in [-0.05, 0) is 33.0 Å². The van der Waals surface area contributed by atoms with Gasteiger partial charge in [0.15, 0.2) is 0 Å². The Bertz CT molecular complexity index is 441. The van der Waals surface area contributed by atoms with Crippen LogP contribution in [0.5, 0.6) is 0 Å². The average Bonchev–Trinajstić information content (AvgIpc) is 2.87. The highest BCUT2D eigenvalue weighted by molar-refractivity contribution is 5.55. The van der Waals surface area contributed by atoms with E-state index in [1.807, 2.05) is 0 Å². The van der Waals surface area contributed by atoms with Gasteiger partial charge in [-0.25, -0.2) is 0 Å². The van der Waals surface area contributed by atoms with E-state index in [9.17, 15) is 0 Å². The van der Waals surface area contributed by atoms with E-state index in [0.717, 1.165) is 12.2 Å². The van der Waals surface area contributed by atoms with E-state index in [4.69, 9.17) is 5.26 Å². The van der Waals surface area contributed by atoms with Gasteiger partial charge in [-0.2, -0.15) is 5.26 Å². The SMILES string of the molecule is CN(C)C1(CNc2cnccc2C#N)CCCC1. The van der Waals surface area contributed by atoms with Crippen molar-refractivity contribution >= 4 is 5.69 Å². The molecule has 0 radical (unpaired) electrons. The van der Waals surface area contributed by atoms with Crippen LogP contribution in [-0.2, 0) is 0 Å². The zero-order valence-corrected chi connectivity index (χ0v) is 11.1. The van der Waals surface area contributed by atoms with Crippen molar-refractivity contribution in [1.29, 1.82) is 5.26 Å². The van der Waals surface area contributed by atoms with Gasteiger partial charge in [-0.1, -0.05) is 12.8 Å². The van der Waals surface area contributed by atoms with Crippen molar-refractivity contribution < 1.29 is 0 Å². The van der Waals surface area contributed by atoms with E-state index < -0.39 is 0 Å². The molecule has 0 saturated heterocycles. The molecule has 0 unspecified atom stereocenters. The summed E-state index contributed by atoms with van der Waals surface area (Å²) in [5.74, 6) is 0. The Morgan fingerprint density at radius 2 is 2.17 bits per heavy atom. The highest BCUT2D eigenvalue weighted by Gasteiger charge is 2.35. The van der Waals surface area contributed by atoms with Gasteiger partial charge in [-0.15, -0.1) is 0 Å². The van der Waals surface area contributed by atoms with E-state index in [1.54, 1.807) is 18.5 Å². The topological polar surface area (TPSA) is 52.0 Å². The molecule has 1 saturated carbocycles. The number of nitrogens with one attached hydrogen (secondary N) is 1. The van der Waals surface area contributed by atoms with E-state index >= 15 is 0 Å². The number of hydrogen-bond donors (Lipinski definition) is 1. The van der Waals surface area contributed by atoms with Gasteiger partial charge in [0.05, 0.1) is 17.4 Å². The van der Waals surface area contributed by atoms with Crippen LogP contribution in [0.4, 0.5) is 5.69 Å². The maximum absolute atomic E-state index is 9.06. The van der Waals surface area contributed by atoms with Gasteiger partial charge in [0, 0.05) is 18.3 Å². The Labute approximate surface area is 109 Å². The fourth-order valence-electron chi connectivity index (χ4n) is 2.71. The summed E-state index contributed by atoms with van der Waals surface area (Å²) in [7, 11) is 4.28. The van der Waals surface area contributed by atoms with Crippen LogP contribution in [0, 0.1) is 11.3 Å². The molecule has 4 nitrogen and oxygen atoms in total. The summed E-state index contributed by atoms with van der Waals surface area (Å²) in [6.45, 7) is 0.875. The van der Waals surface area contributed by atoms with Crippen LogP contribution in [0.3, 0.4) is 0 Å². The number of nitrogens with zero attached hydrogens (tertiary/aromatic N) is 3. The number of rotatable bonds is 4. The van der Waals surface area contributed by atoms with Crippen LogP contribution in [0.15, 0.2) is 18.5 Å². The molecule has 0 spiro atoms. The summed E-state index contributed by atoms with van der Waals surface area (Å²) in [4.78, 5) is 6.39. The molecular formula is C14H20N4. The molecule has 1 aromatic rings. The molecule has 1 N–H and O–H groups in total. The van der Waals surface area contributed by atoms with Crippen molar-refractivity contribution in [1.82, 2.24) is 9.88 Å². The lowest BCUT2D eigenvalue weighted by molar-refractivity contribution is 0.172. The number of hydrogen-bond acceptors (Lipinski definition) is 4. The molecule has 0 bridgehead atoms. The highest BCUT2D eigenvalue weighted by atomic mass is 15.2. The monoisotopic (exact) mass is 244 g/mol. The smallest absolute Gasteiger partial charge is 0.101 e. The number of pyridine rings is 1. The maximum atomic E-state index is 9.06. The maximum Gasteiger partial charge on any atom is 0.101 e. The van der Waals surface area contributed by atoms with Crippen LogP contribution in [0.1, 0.15) is 31.2 Å². The first-order valence-electron chi connectivity index (χ1n) is 6.43. The molecule has 0 aromatic carbocycles. The first-order valence-corrected chi connectivity index (χ1v) is 6.43. The first-order chi connectivity index (χ1) is 8.68. The lowest BCUT2D eigenvalue weighted by Gasteiger charge is -2.36. The lowest BCUT2D eigenvalue weighted by Crippen LogP contribution is -2.47. The fourth-order valence-corrected chi connectivity index (χ4v) is 2.71. The summed E-state index contributed by atoms with van der Waals surface area (Å²) < 4.78 is 0. The van der Waals surface area contributed by atoms with E-state index in [2.05, 4.69) is 35.4 Å². The second kappa shape index (κ2) is 5.36.